The van der Waals surface area contributed by atoms with Crippen molar-refractivity contribution in [3.05, 3.63) is 39.9 Å². The minimum atomic E-state index is 0.0260. The molecule has 1 N–H and O–H groups in total. The summed E-state index contributed by atoms with van der Waals surface area (Å²) < 4.78 is 2.51. The van der Waals surface area contributed by atoms with Crippen LogP contribution in [0.25, 0.3) is 0 Å². The lowest BCUT2D eigenvalue weighted by atomic mass is 10.0. The Morgan fingerprint density at radius 2 is 2.24 bits per heavy atom. The molecule has 0 saturated heterocycles. The maximum absolute atomic E-state index is 4.31. The molecule has 1 atom stereocenters. The van der Waals surface area contributed by atoms with Gasteiger partial charge in [-0.2, -0.15) is 0 Å². The van der Waals surface area contributed by atoms with Gasteiger partial charge in [-0.15, -0.1) is 5.10 Å². The molecule has 0 aliphatic heterocycles. The third-order valence-electron chi connectivity index (χ3n) is 2.75. The zero-order valence-corrected chi connectivity index (χ0v) is 11.6. The fraction of sp³-hybridized carbons (Fsp3) is 0.364. The number of hydrogen-bond donors (Lipinski definition) is 1. The van der Waals surface area contributed by atoms with Gasteiger partial charge < -0.3 is 5.32 Å². The molecule has 1 unspecified atom stereocenters. The number of nitrogens with zero attached hydrogens (tertiary/aromatic N) is 4. The summed E-state index contributed by atoms with van der Waals surface area (Å²) in [5, 5.41) is 11.3. The smallest absolute Gasteiger partial charge is 0.153 e. The van der Waals surface area contributed by atoms with Gasteiger partial charge in [-0.3, -0.25) is 4.98 Å². The zero-order chi connectivity index (χ0) is 12.4. The first-order valence-corrected chi connectivity index (χ1v) is 6.08. The van der Waals surface area contributed by atoms with Crippen LogP contribution in [0.15, 0.2) is 22.9 Å². The quantitative estimate of drug-likeness (QED) is 0.934. The molecule has 5 nitrogen and oxygen atoms in total. The van der Waals surface area contributed by atoms with E-state index in [0.717, 1.165) is 21.6 Å². The lowest BCUT2D eigenvalue weighted by Crippen LogP contribution is -2.22. The molecule has 6 heteroatoms. The summed E-state index contributed by atoms with van der Waals surface area (Å²) in [5.74, 6) is 0. The van der Waals surface area contributed by atoms with Gasteiger partial charge in [-0.1, -0.05) is 11.3 Å². The third kappa shape index (κ3) is 2.23. The van der Waals surface area contributed by atoms with Crippen LogP contribution in [0.1, 0.15) is 23.0 Å². The summed E-state index contributed by atoms with van der Waals surface area (Å²) >= 11 is 3.43. The van der Waals surface area contributed by atoms with E-state index in [0.29, 0.717) is 0 Å². The average Bonchev–Trinajstić information content (AvgIpc) is 2.64. The van der Waals surface area contributed by atoms with E-state index < -0.39 is 0 Å². The number of pyridine rings is 1. The van der Waals surface area contributed by atoms with Crippen molar-refractivity contribution in [3.63, 3.8) is 0 Å². The van der Waals surface area contributed by atoms with E-state index >= 15 is 0 Å². The van der Waals surface area contributed by atoms with Crippen LogP contribution in [-0.4, -0.2) is 27.0 Å². The number of aromatic nitrogens is 4. The highest BCUT2D eigenvalue weighted by Crippen LogP contribution is 2.27. The molecule has 17 heavy (non-hydrogen) atoms. The number of hydrogen-bond acceptors (Lipinski definition) is 4. The summed E-state index contributed by atoms with van der Waals surface area (Å²) in [6.07, 6.45) is 1.79. The van der Waals surface area contributed by atoms with Crippen molar-refractivity contribution in [2.24, 2.45) is 7.05 Å². The van der Waals surface area contributed by atoms with Gasteiger partial charge in [-0.05, 0) is 41.5 Å². The highest BCUT2D eigenvalue weighted by atomic mass is 79.9. The van der Waals surface area contributed by atoms with Crippen molar-refractivity contribution in [2.45, 2.75) is 13.0 Å². The molecule has 0 aromatic carbocycles. The average molecular weight is 296 g/mol. The van der Waals surface area contributed by atoms with Crippen molar-refractivity contribution in [2.75, 3.05) is 7.05 Å². The molecule has 2 rings (SSSR count). The monoisotopic (exact) mass is 295 g/mol. The van der Waals surface area contributed by atoms with Crippen LogP contribution in [0.2, 0.25) is 0 Å². The summed E-state index contributed by atoms with van der Waals surface area (Å²) in [7, 11) is 3.79. The Kier molecular flexibility index (Phi) is 3.54. The van der Waals surface area contributed by atoms with Crippen molar-refractivity contribution >= 4 is 15.9 Å². The fourth-order valence-corrected chi connectivity index (χ4v) is 2.44. The number of halogens is 1. The molecule has 0 amide bonds. The van der Waals surface area contributed by atoms with Crippen molar-refractivity contribution in [1.82, 2.24) is 25.3 Å². The van der Waals surface area contributed by atoms with Crippen LogP contribution >= 0.6 is 15.9 Å². The first-order valence-electron chi connectivity index (χ1n) is 5.29. The van der Waals surface area contributed by atoms with E-state index in [-0.39, 0.29) is 6.04 Å². The van der Waals surface area contributed by atoms with Gasteiger partial charge in [-0.25, -0.2) is 4.68 Å². The van der Waals surface area contributed by atoms with Gasteiger partial charge in [0, 0.05) is 18.9 Å². The molecular formula is C11H14BrN5. The second-order valence-corrected chi connectivity index (χ2v) is 4.54. The summed E-state index contributed by atoms with van der Waals surface area (Å²) in [4.78, 5) is 4.31. The highest BCUT2D eigenvalue weighted by Gasteiger charge is 2.21. The highest BCUT2D eigenvalue weighted by molar-refractivity contribution is 9.10. The van der Waals surface area contributed by atoms with Gasteiger partial charge in [0.05, 0.1) is 11.7 Å². The summed E-state index contributed by atoms with van der Waals surface area (Å²) in [6, 6.07) is 4.02. The largest absolute Gasteiger partial charge is 0.308 e. The maximum Gasteiger partial charge on any atom is 0.153 e. The second kappa shape index (κ2) is 4.93. The first kappa shape index (κ1) is 12.2. The van der Waals surface area contributed by atoms with Gasteiger partial charge in [0.2, 0.25) is 0 Å². The van der Waals surface area contributed by atoms with Crippen molar-refractivity contribution in [1.29, 1.82) is 0 Å². The Hall–Kier alpha value is -1.27. The fourth-order valence-electron chi connectivity index (χ4n) is 1.89. The van der Waals surface area contributed by atoms with Crippen molar-refractivity contribution in [3.8, 4) is 0 Å². The Labute approximate surface area is 108 Å². The van der Waals surface area contributed by atoms with Crippen LogP contribution in [0.4, 0.5) is 0 Å². The summed E-state index contributed by atoms with van der Waals surface area (Å²) in [5.41, 5.74) is 3.12. The number of rotatable bonds is 3. The number of aryl methyl sites for hydroxylation is 2. The molecule has 0 aliphatic carbocycles. The Morgan fingerprint density at radius 3 is 2.76 bits per heavy atom. The lowest BCUT2D eigenvalue weighted by molar-refractivity contribution is 0.593. The van der Waals surface area contributed by atoms with Gasteiger partial charge >= 0.3 is 0 Å². The summed E-state index contributed by atoms with van der Waals surface area (Å²) in [6.45, 7) is 2.00. The van der Waals surface area contributed by atoms with E-state index in [4.69, 9.17) is 0 Å². The Balaban J connectivity index is 2.52. The van der Waals surface area contributed by atoms with Gasteiger partial charge in [0.25, 0.3) is 0 Å². The Bertz CT molecular complexity index is 503. The van der Waals surface area contributed by atoms with E-state index in [1.54, 1.807) is 10.9 Å². The lowest BCUT2D eigenvalue weighted by Gasteiger charge is -2.18. The molecule has 2 heterocycles. The molecule has 0 spiro atoms. The standard InChI is InChI=1S/C11H14BrN5/c1-7-8(5-4-6-14-7)9(13-2)10-11(12)15-16-17(10)3/h4-6,9,13H,1-3H3. The van der Waals surface area contributed by atoms with E-state index in [1.807, 2.05) is 27.1 Å². The van der Waals surface area contributed by atoms with Crippen LogP contribution < -0.4 is 5.32 Å². The van der Waals surface area contributed by atoms with E-state index in [2.05, 4.69) is 42.6 Å². The van der Waals surface area contributed by atoms with Crippen LogP contribution in [0.3, 0.4) is 0 Å². The van der Waals surface area contributed by atoms with Crippen LogP contribution in [0, 0.1) is 6.92 Å². The topological polar surface area (TPSA) is 55.6 Å². The molecule has 0 saturated carbocycles. The molecule has 2 aromatic rings. The predicted octanol–water partition coefficient (Wildman–Crippen LogP) is 1.59. The number of nitrogens with one attached hydrogen (secondary N) is 1. The first-order chi connectivity index (χ1) is 8.15. The normalized spacial score (nSPS) is 12.7. The van der Waals surface area contributed by atoms with Crippen LogP contribution in [-0.2, 0) is 7.05 Å². The molecule has 0 aliphatic rings. The van der Waals surface area contributed by atoms with Gasteiger partial charge in [0.15, 0.2) is 4.60 Å². The SMILES string of the molecule is CNC(c1cccnc1C)c1c(Br)nnn1C. The molecule has 0 radical (unpaired) electrons. The molecular weight excluding hydrogens is 282 g/mol. The molecule has 0 fully saturated rings. The molecule has 2 aromatic heterocycles. The predicted molar refractivity (Wildman–Crippen MR) is 68.6 cm³/mol. The molecule has 0 bridgehead atoms. The zero-order valence-electron chi connectivity index (χ0n) is 9.98. The minimum absolute atomic E-state index is 0.0260. The van der Waals surface area contributed by atoms with Crippen LogP contribution in [0.5, 0.6) is 0 Å². The third-order valence-corrected chi connectivity index (χ3v) is 3.31. The minimum Gasteiger partial charge on any atom is -0.308 e. The molecule has 90 valence electrons. The Morgan fingerprint density at radius 1 is 1.47 bits per heavy atom. The van der Waals surface area contributed by atoms with Gasteiger partial charge in [0.1, 0.15) is 0 Å². The van der Waals surface area contributed by atoms with E-state index in [1.165, 1.54) is 0 Å². The van der Waals surface area contributed by atoms with E-state index in [9.17, 15) is 0 Å². The second-order valence-electron chi connectivity index (χ2n) is 3.79. The van der Waals surface area contributed by atoms with Crippen molar-refractivity contribution < 1.29 is 0 Å². The maximum atomic E-state index is 4.31.